The lowest BCUT2D eigenvalue weighted by molar-refractivity contribution is -0.138. The molecule has 2 amide bonds. The average molecular weight is 515 g/mol. The molecule has 1 aromatic rings. The van der Waals surface area contributed by atoms with Gasteiger partial charge in [-0.3, -0.25) is 9.59 Å². The van der Waals surface area contributed by atoms with Gasteiger partial charge in [0.2, 0.25) is 11.8 Å². The fourth-order valence-corrected chi connectivity index (χ4v) is 3.49. The number of rotatable bonds is 7. The first-order valence-electron chi connectivity index (χ1n) is 9.82. The van der Waals surface area contributed by atoms with Crippen LogP contribution in [0.5, 0.6) is 0 Å². The van der Waals surface area contributed by atoms with Crippen molar-refractivity contribution in [3.8, 4) is 0 Å². The van der Waals surface area contributed by atoms with E-state index >= 15 is 0 Å². The summed E-state index contributed by atoms with van der Waals surface area (Å²) < 4.78 is 0. The van der Waals surface area contributed by atoms with Crippen molar-refractivity contribution >= 4 is 41.8 Å². The number of benzene rings is 1. The van der Waals surface area contributed by atoms with Gasteiger partial charge in [0.1, 0.15) is 0 Å². The van der Waals surface area contributed by atoms with E-state index in [2.05, 4.69) is 15.6 Å². The van der Waals surface area contributed by atoms with Gasteiger partial charge >= 0.3 is 0 Å². The molecule has 0 radical (unpaired) electrons. The van der Waals surface area contributed by atoms with Gasteiger partial charge in [-0.25, -0.2) is 4.99 Å². The minimum Gasteiger partial charge on any atom is -0.355 e. The maximum atomic E-state index is 12.8. The largest absolute Gasteiger partial charge is 0.355 e. The summed E-state index contributed by atoms with van der Waals surface area (Å²) in [7, 11) is 7.06. The van der Waals surface area contributed by atoms with Crippen molar-refractivity contribution in [2.24, 2.45) is 10.4 Å². The molecule has 0 spiro atoms. The van der Waals surface area contributed by atoms with Crippen LogP contribution in [0.3, 0.4) is 0 Å². The lowest BCUT2D eigenvalue weighted by atomic mass is 9.84. The van der Waals surface area contributed by atoms with Crippen molar-refractivity contribution in [2.75, 3.05) is 41.3 Å². The van der Waals surface area contributed by atoms with Gasteiger partial charge in [0.05, 0.1) is 18.5 Å². The van der Waals surface area contributed by atoms with Crippen LogP contribution in [0.1, 0.15) is 31.2 Å². The van der Waals surface area contributed by atoms with Gasteiger partial charge in [0, 0.05) is 34.7 Å². The molecule has 1 aliphatic rings. The molecular weight excluding hydrogens is 481 g/mol. The molecular formula is C21H34IN5O2. The topological polar surface area (TPSA) is 77.0 Å². The van der Waals surface area contributed by atoms with E-state index in [1.54, 1.807) is 33.1 Å². The maximum Gasteiger partial charge on any atom is 0.241 e. The summed E-state index contributed by atoms with van der Waals surface area (Å²) in [5.41, 5.74) is 0.687. The number of aliphatic imine (C=N–C) groups is 1. The Labute approximate surface area is 191 Å². The van der Waals surface area contributed by atoms with Gasteiger partial charge in [0.25, 0.3) is 0 Å². The Kier molecular flexibility index (Phi) is 10.4. The number of guanidine groups is 1. The highest BCUT2D eigenvalue weighted by Crippen LogP contribution is 2.38. The molecule has 8 heteroatoms. The van der Waals surface area contributed by atoms with Crippen LogP contribution in [0.15, 0.2) is 35.3 Å². The molecule has 1 fully saturated rings. The highest BCUT2D eigenvalue weighted by Gasteiger charge is 2.42. The molecule has 2 N–H and O–H groups in total. The zero-order valence-corrected chi connectivity index (χ0v) is 20.2. The zero-order valence-electron chi connectivity index (χ0n) is 17.9. The number of hydrogen-bond donors (Lipinski definition) is 2. The molecule has 0 aromatic heterocycles. The standard InChI is InChI=1S/C21H33N5O2.HI/c1-25(2)18(27)15-23-20(22-14-17-10-6-5-7-11-17)24-16-21(12-8-9-13-21)19(28)26(3)4;/h5-7,10-11H,8-9,12-16H2,1-4H3,(H2,22,23,24);1H. The molecule has 29 heavy (non-hydrogen) atoms. The number of amides is 2. The number of hydrogen-bond acceptors (Lipinski definition) is 3. The van der Waals surface area contributed by atoms with Crippen LogP contribution >= 0.6 is 24.0 Å². The monoisotopic (exact) mass is 515 g/mol. The molecule has 1 aromatic carbocycles. The Hall–Kier alpha value is -1.84. The summed E-state index contributed by atoms with van der Waals surface area (Å²) in [6.07, 6.45) is 3.87. The molecule has 0 bridgehead atoms. The van der Waals surface area contributed by atoms with Crippen LogP contribution in [0.2, 0.25) is 0 Å². The number of likely N-dealkylation sites (N-methyl/N-ethyl adjacent to an activating group) is 1. The van der Waals surface area contributed by atoms with Gasteiger partial charge in [0.15, 0.2) is 5.96 Å². The quantitative estimate of drug-likeness (QED) is 0.331. The fourth-order valence-electron chi connectivity index (χ4n) is 3.49. The van der Waals surface area contributed by atoms with Gasteiger partial charge < -0.3 is 20.4 Å². The number of nitrogens with zero attached hydrogens (tertiary/aromatic N) is 3. The molecule has 0 unspecified atom stereocenters. The van der Waals surface area contributed by atoms with Crippen molar-refractivity contribution in [2.45, 2.75) is 32.2 Å². The minimum absolute atomic E-state index is 0. The minimum atomic E-state index is -0.399. The summed E-state index contributed by atoms with van der Waals surface area (Å²) in [5, 5.41) is 6.43. The molecule has 2 rings (SSSR count). The molecule has 1 saturated carbocycles. The number of halogens is 1. The second-order valence-electron chi connectivity index (χ2n) is 7.83. The van der Waals surface area contributed by atoms with Crippen LogP contribution in [-0.4, -0.2) is 68.9 Å². The predicted octanol–water partition coefficient (Wildman–Crippen LogP) is 2.08. The van der Waals surface area contributed by atoms with Crippen molar-refractivity contribution in [1.82, 2.24) is 20.4 Å². The molecule has 0 heterocycles. The molecule has 0 atom stereocenters. The summed E-state index contributed by atoms with van der Waals surface area (Å²) in [6, 6.07) is 9.95. The summed E-state index contributed by atoms with van der Waals surface area (Å²) in [5.74, 6) is 0.676. The van der Waals surface area contributed by atoms with Crippen LogP contribution in [-0.2, 0) is 16.1 Å². The first-order valence-corrected chi connectivity index (χ1v) is 9.82. The molecule has 7 nitrogen and oxygen atoms in total. The lowest BCUT2D eigenvalue weighted by Gasteiger charge is -2.31. The predicted molar refractivity (Wildman–Crippen MR) is 127 cm³/mol. The smallest absolute Gasteiger partial charge is 0.241 e. The van der Waals surface area contributed by atoms with E-state index in [9.17, 15) is 9.59 Å². The van der Waals surface area contributed by atoms with Crippen molar-refractivity contribution in [3.05, 3.63) is 35.9 Å². The van der Waals surface area contributed by atoms with Gasteiger partial charge in [-0.2, -0.15) is 0 Å². The first-order chi connectivity index (χ1) is 13.3. The van der Waals surface area contributed by atoms with Crippen molar-refractivity contribution < 1.29 is 9.59 Å². The summed E-state index contributed by atoms with van der Waals surface area (Å²) in [6.45, 7) is 1.17. The second kappa shape index (κ2) is 12.0. The third-order valence-electron chi connectivity index (χ3n) is 5.18. The number of carbonyl (C=O) groups is 2. The molecule has 162 valence electrons. The van der Waals surface area contributed by atoms with E-state index in [4.69, 9.17) is 0 Å². The van der Waals surface area contributed by atoms with E-state index in [1.807, 2.05) is 30.3 Å². The molecule has 1 aliphatic carbocycles. The van der Waals surface area contributed by atoms with Gasteiger partial charge in [-0.1, -0.05) is 43.2 Å². The third-order valence-corrected chi connectivity index (χ3v) is 5.18. The summed E-state index contributed by atoms with van der Waals surface area (Å²) in [4.78, 5) is 32.6. The highest BCUT2D eigenvalue weighted by atomic mass is 127. The highest BCUT2D eigenvalue weighted by molar-refractivity contribution is 14.0. The SMILES string of the molecule is CN(C)C(=O)CNC(=NCc1ccccc1)NCC1(C(=O)N(C)C)CCCC1.I. The number of carbonyl (C=O) groups excluding carboxylic acids is 2. The van der Waals surface area contributed by atoms with Crippen LogP contribution in [0, 0.1) is 5.41 Å². The lowest BCUT2D eigenvalue weighted by Crippen LogP contribution is -2.50. The van der Waals surface area contributed by atoms with E-state index in [0.717, 1.165) is 31.2 Å². The van der Waals surface area contributed by atoms with E-state index < -0.39 is 5.41 Å². The Balaban J connectivity index is 0.00000420. The van der Waals surface area contributed by atoms with Gasteiger partial charge in [-0.15, -0.1) is 24.0 Å². The Morgan fingerprint density at radius 2 is 1.62 bits per heavy atom. The van der Waals surface area contributed by atoms with Gasteiger partial charge in [-0.05, 0) is 18.4 Å². The Bertz CT molecular complexity index is 686. The van der Waals surface area contributed by atoms with Crippen LogP contribution < -0.4 is 10.6 Å². The second-order valence-corrected chi connectivity index (χ2v) is 7.83. The Morgan fingerprint density at radius 3 is 2.17 bits per heavy atom. The van der Waals surface area contributed by atoms with E-state index in [1.165, 1.54) is 4.90 Å². The summed E-state index contributed by atoms with van der Waals surface area (Å²) >= 11 is 0. The van der Waals surface area contributed by atoms with E-state index in [-0.39, 0.29) is 42.3 Å². The van der Waals surface area contributed by atoms with Crippen molar-refractivity contribution in [3.63, 3.8) is 0 Å². The number of nitrogens with one attached hydrogen (secondary N) is 2. The maximum absolute atomic E-state index is 12.8. The Morgan fingerprint density at radius 1 is 1.00 bits per heavy atom. The third kappa shape index (κ3) is 7.49. The van der Waals surface area contributed by atoms with Crippen LogP contribution in [0.4, 0.5) is 0 Å². The first kappa shape index (κ1) is 25.2. The van der Waals surface area contributed by atoms with E-state index in [0.29, 0.717) is 19.0 Å². The molecule has 0 saturated heterocycles. The zero-order chi connectivity index (χ0) is 20.6. The average Bonchev–Trinajstić information content (AvgIpc) is 3.17. The van der Waals surface area contributed by atoms with Crippen molar-refractivity contribution in [1.29, 1.82) is 0 Å². The fraction of sp³-hybridized carbons (Fsp3) is 0.571. The van der Waals surface area contributed by atoms with Crippen LogP contribution in [0.25, 0.3) is 0 Å². The normalized spacial score (nSPS) is 15.2. The molecule has 0 aliphatic heterocycles.